The molecule has 1 aliphatic carbocycles. The van der Waals surface area contributed by atoms with Gasteiger partial charge < -0.3 is 0 Å². The molecule has 0 N–H and O–H groups in total. The van der Waals surface area contributed by atoms with Gasteiger partial charge in [0, 0.05) is 5.56 Å². The maximum Gasteiger partial charge on any atom is 0.150 e. The number of hydrogen-bond donors (Lipinski definition) is 0. The molecule has 0 amide bonds. The van der Waals surface area contributed by atoms with Crippen molar-refractivity contribution in [3.05, 3.63) is 35.6 Å². The van der Waals surface area contributed by atoms with E-state index in [-0.39, 0.29) is 5.82 Å². The van der Waals surface area contributed by atoms with Gasteiger partial charge >= 0.3 is 0 Å². The second-order valence-corrected chi connectivity index (χ2v) is 3.79. The van der Waals surface area contributed by atoms with Gasteiger partial charge in [0.1, 0.15) is 12.1 Å². The van der Waals surface area contributed by atoms with E-state index in [1.807, 2.05) is 0 Å². The summed E-state index contributed by atoms with van der Waals surface area (Å²) < 4.78 is 12.2. The molecule has 0 bridgehead atoms. The van der Waals surface area contributed by atoms with Crippen molar-refractivity contribution in [3.8, 4) is 0 Å². The highest BCUT2D eigenvalue weighted by Crippen LogP contribution is 2.15. The van der Waals surface area contributed by atoms with Gasteiger partial charge in [-0.25, -0.2) is 4.39 Å². The third-order valence-electron chi connectivity index (χ3n) is 2.48. The smallest absolute Gasteiger partial charge is 0.150 e. The highest BCUT2D eigenvalue weighted by atomic mass is 19.1. The molecule has 1 fully saturated rings. The Kier molecular flexibility index (Phi) is 5.67. The van der Waals surface area contributed by atoms with Crippen molar-refractivity contribution in [2.24, 2.45) is 0 Å². The standard InChI is InChI=1S/C7H5FO.C6H12/c8-7-3-1-2-6(4-7)5-9;1-2-4-6-5-3-1/h1-5H;1-6H2. The van der Waals surface area contributed by atoms with E-state index in [9.17, 15) is 9.18 Å². The Morgan fingerprint density at radius 1 is 1.00 bits per heavy atom. The molecule has 0 unspecified atom stereocenters. The number of carbonyl (C=O) groups is 1. The maximum atomic E-state index is 12.2. The lowest BCUT2D eigenvalue weighted by molar-refractivity contribution is 0.112. The van der Waals surface area contributed by atoms with Crippen LogP contribution in [0.25, 0.3) is 0 Å². The predicted molar refractivity (Wildman–Crippen MR) is 59.5 cm³/mol. The molecule has 0 saturated heterocycles. The fourth-order valence-electron chi connectivity index (χ4n) is 1.64. The number of benzene rings is 1. The lowest BCUT2D eigenvalue weighted by atomic mass is 10.0. The molecule has 1 aromatic carbocycles. The van der Waals surface area contributed by atoms with Gasteiger partial charge in [0.2, 0.25) is 0 Å². The highest BCUT2D eigenvalue weighted by Gasteiger charge is 1.95. The fourth-order valence-corrected chi connectivity index (χ4v) is 1.64. The van der Waals surface area contributed by atoms with Crippen molar-refractivity contribution in [1.29, 1.82) is 0 Å². The lowest BCUT2D eigenvalue weighted by Crippen LogP contribution is -1.85. The zero-order valence-corrected chi connectivity index (χ0v) is 8.92. The van der Waals surface area contributed by atoms with Crippen LogP contribution in [-0.2, 0) is 0 Å². The van der Waals surface area contributed by atoms with Gasteiger partial charge in [-0.15, -0.1) is 0 Å². The quantitative estimate of drug-likeness (QED) is 0.638. The largest absolute Gasteiger partial charge is 0.298 e. The second-order valence-electron chi connectivity index (χ2n) is 3.79. The Morgan fingerprint density at radius 3 is 1.87 bits per heavy atom. The summed E-state index contributed by atoms with van der Waals surface area (Å²) >= 11 is 0. The monoisotopic (exact) mass is 208 g/mol. The minimum absolute atomic E-state index is 0.370. The summed E-state index contributed by atoms with van der Waals surface area (Å²) in [4.78, 5) is 9.99. The molecule has 1 saturated carbocycles. The molecular formula is C13H17FO. The van der Waals surface area contributed by atoms with Gasteiger partial charge in [-0.2, -0.15) is 0 Å². The minimum Gasteiger partial charge on any atom is -0.298 e. The van der Waals surface area contributed by atoms with Crippen LogP contribution in [0.15, 0.2) is 24.3 Å². The summed E-state index contributed by atoms with van der Waals surface area (Å²) in [7, 11) is 0. The van der Waals surface area contributed by atoms with E-state index < -0.39 is 0 Å². The Hall–Kier alpha value is -1.18. The zero-order chi connectivity index (χ0) is 10.9. The first-order chi connectivity index (χ1) is 7.33. The van der Waals surface area contributed by atoms with E-state index in [0.717, 1.165) is 0 Å². The second kappa shape index (κ2) is 7.16. The van der Waals surface area contributed by atoms with Gasteiger partial charge in [-0.1, -0.05) is 50.7 Å². The fraction of sp³-hybridized carbons (Fsp3) is 0.462. The van der Waals surface area contributed by atoms with Crippen molar-refractivity contribution in [1.82, 2.24) is 0 Å². The number of hydrogen-bond acceptors (Lipinski definition) is 1. The Labute approximate surface area is 90.3 Å². The van der Waals surface area contributed by atoms with Gasteiger partial charge in [0.25, 0.3) is 0 Å². The topological polar surface area (TPSA) is 17.1 Å². The summed E-state index contributed by atoms with van der Waals surface area (Å²) in [6, 6.07) is 5.54. The van der Waals surface area contributed by atoms with Crippen LogP contribution in [0.1, 0.15) is 48.9 Å². The molecule has 1 aliphatic rings. The Morgan fingerprint density at radius 2 is 1.53 bits per heavy atom. The molecule has 0 atom stereocenters. The van der Waals surface area contributed by atoms with Crippen LogP contribution >= 0.6 is 0 Å². The number of halogens is 1. The van der Waals surface area contributed by atoms with E-state index in [4.69, 9.17) is 0 Å². The van der Waals surface area contributed by atoms with Crippen LogP contribution in [0.2, 0.25) is 0 Å². The molecular weight excluding hydrogens is 191 g/mol. The highest BCUT2D eigenvalue weighted by molar-refractivity contribution is 5.74. The van der Waals surface area contributed by atoms with Crippen LogP contribution in [0.3, 0.4) is 0 Å². The molecule has 82 valence electrons. The molecule has 0 aromatic heterocycles. The van der Waals surface area contributed by atoms with E-state index in [0.29, 0.717) is 11.8 Å². The molecule has 0 radical (unpaired) electrons. The van der Waals surface area contributed by atoms with Crippen molar-refractivity contribution in [2.45, 2.75) is 38.5 Å². The third kappa shape index (κ3) is 5.31. The molecule has 15 heavy (non-hydrogen) atoms. The molecule has 0 heterocycles. The number of rotatable bonds is 1. The average Bonchev–Trinajstić information content (AvgIpc) is 2.32. The van der Waals surface area contributed by atoms with Gasteiger partial charge in [-0.05, 0) is 12.1 Å². The molecule has 1 nitrogen and oxygen atoms in total. The van der Waals surface area contributed by atoms with Crippen molar-refractivity contribution in [2.75, 3.05) is 0 Å². The number of carbonyl (C=O) groups excluding carboxylic acids is 1. The van der Waals surface area contributed by atoms with Crippen molar-refractivity contribution >= 4 is 6.29 Å². The first-order valence-electron chi connectivity index (χ1n) is 5.53. The van der Waals surface area contributed by atoms with Gasteiger partial charge in [0.05, 0.1) is 0 Å². The Bertz CT molecular complexity index is 281. The van der Waals surface area contributed by atoms with E-state index in [1.54, 1.807) is 6.07 Å². The van der Waals surface area contributed by atoms with Crippen LogP contribution in [0.5, 0.6) is 0 Å². The Balaban J connectivity index is 0.000000162. The normalized spacial score (nSPS) is 15.0. The van der Waals surface area contributed by atoms with Crippen LogP contribution in [0, 0.1) is 5.82 Å². The first-order valence-corrected chi connectivity index (χ1v) is 5.53. The van der Waals surface area contributed by atoms with Crippen molar-refractivity contribution < 1.29 is 9.18 Å². The van der Waals surface area contributed by atoms with E-state index >= 15 is 0 Å². The molecule has 2 rings (SSSR count). The molecule has 2 heteroatoms. The molecule has 0 spiro atoms. The summed E-state index contributed by atoms with van der Waals surface area (Å²) in [6.45, 7) is 0. The maximum absolute atomic E-state index is 12.2. The summed E-state index contributed by atoms with van der Waals surface area (Å²) in [5.74, 6) is -0.375. The van der Waals surface area contributed by atoms with Gasteiger partial charge in [-0.3, -0.25) is 4.79 Å². The summed E-state index contributed by atoms with van der Waals surface area (Å²) in [6.07, 6.45) is 9.61. The summed E-state index contributed by atoms with van der Waals surface area (Å²) in [5.41, 5.74) is 0.370. The third-order valence-corrected chi connectivity index (χ3v) is 2.48. The van der Waals surface area contributed by atoms with Crippen LogP contribution in [-0.4, -0.2) is 6.29 Å². The molecule has 1 aromatic rings. The van der Waals surface area contributed by atoms with E-state index in [1.165, 1.54) is 56.7 Å². The van der Waals surface area contributed by atoms with Crippen LogP contribution < -0.4 is 0 Å². The lowest BCUT2D eigenvalue weighted by Gasteiger charge is -2.05. The summed E-state index contributed by atoms with van der Waals surface area (Å²) in [5, 5.41) is 0. The van der Waals surface area contributed by atoms with Crippen molar-refractivity contribution in [3.63, 3.8) is 0 Å². The molecule has 0 aliphatic heterocycles. The van der Waals surface area contributed by atoms with Crippen LogP contribution in [0.4, 0.5) is 4.39 Å². The predicted octanol–water partition coefficient (Wildman–Crippen LogP) is 3.98. The number of aldehydes is 1. The first kappa shape index (κ1) is 11.9. The SMILES string of the molecule is C1CCCCC1.O=Cc1cccc(F)c1. The zero-order valence-electron chi connectivity index (χ0n) is 8.92. The minimum atomic E-state index is -0.375. The van der Waals surface area contributed by atoms with Gasteiger partial charge in [0.15, 0.2) is 0 Å². The van der Waals surface area contributed by atoms with E-state index in [2.05, 4.69) is 0 Å². The average molecular weight is 208 g/mol.